The van der Waals surface area contributed by atoms with Crippen LogP contribution in [0.15, 0.2) is 59.4 Å². The highest BCUT2D eigenvalue weighted by Crippen LogP contribution is 2.19. The fourth-order valence-corrected chi connectivity index (χ4v) is 3.08. The van der Waals surface area contributed by atoms with Gasteiger partial charge in [-0.2, -0.15) is 0 Å². The Hall–Kier alpha value is -3.81. The van der Waals surface area contributed by atoms with Crippen molar-refractivity contribution < 1.29 is 9.18 Å². The minimum atomic E-state index is -0.796. The molecule has 2 aromatic heterocycles. The molecule has 8 heteroatoms. The molecule has 0 aliphatic heterocycles. The summed E-state index contributed by atoms with van der Waals surface area (Å²) in [6.45, 7) is 0. The Labute approximate surface area is 158 Å². The summed E-state index contributed by atoms with van der Waals surface area (Å²) in [5, 5.41) is 0. The minimum absolute atomic E-state index is 0.0295. The standard InChI is InChI=1S/C20H16FN5O2/c21-13-8-4-5-9-14(13)26-19-17(25-20(26)28)16(18(22)27)23-15(24-19)11-10-12-6-2-1-3-7-12/h1-9H,10-11H2,(H2,22,27)(H,25,28). The van der Waals surface area contributed by atoms with Gasteiger partial charge in [0.1, 0.15) is 17.2 Å². The number of imidazole rings is 1. The quantitative estimate of drug-likeness (QED) is 0.556. The van der Waals surface area contributed by atoms with E-state index in [-0.39, 0.29) is 22.5 Å². The van der Waals surface area contributed by atoms with Gasteiger partial charge in [-0.05, 0) is 24.1 Å². The molecule has 3 N–H and O–H groups in total. The number of nitrogens with zero attached hydrogens (tertiary/aromatic N) is 3. The fraction of sp³-hybridized carbons (Fsp3) is 0.100. The van der Waals surface area contributed by atoms with E-state index in [4.69, 9.17) is 5.73 Å². The lowest BCUT2D eigenvalue weighted by atomic mass is 10.1. The van der Waals surface area contributed by atoms with Crippen molar-refractivity contribution in [1.82, 2.24) is 19.5 Å². The van der Waals surface area contributed by atoms with Crippen LogP contribution in [0.5, 0.6) is 0 Å². The van der Waals surface area contributed by atoms with Gasteiger partial charge in [0.15, 0.2) is 11.3 Å². The number of carbonyl (C=O) groups excluding carboxylic acids is 1. The molecule has 1 amide bonds. The van der Waals surface area contributed by atoms with Crippen LogP contribution in [0.3, 0.4) is 0 Å². The van der Waals surface area contributed by atoms with Crippen LogP contribution in [0.2, 0.25) is 0 Å². The second-order valence-corrected chi connectivity index (χ2v) is 6.25. The topological polar surface area (TPSA) is 107 Å². The first kappa shape index (κ1) is 17.6. The summed E-state index contributed by atoms with van der Waals surface area (Å²) in [6, 6.07) is 15.5. The summed E-state index contributed by atoms with van der Waals surface area (Å²) in [4.78, 5) is 35.5. The molecule has 0 bridgehead atoms. The molecule has 0 spiro atoms. The zero-order chi connectivity index (χ0) is 19.7. The molecule has 0 saturated heterocycles. The Bertz CT molecular complexity index is 1230. The number of halogens is 1. The Morgan fingerprint density at radius 1 is 1.04 bits per heavy atom. The number of carbonyl (C=O) groups is 1. The van der Waals surface area contributed by atoms with E-state index in [1.165, 1.54) is 18.2 Å². The molecule has 28 heavy (non-hydrogen) atoms. The van der Waals surface area contributed by atoms with Crippen molar-refractivity contribution in [2.24, 2.45) is 5.73 Å². The van der Waals surface area contributed by atoms with Crippen LogP contribution in [-0.2, 0) is 12.8 Å². The Kier molecular flexibility index (Phi) is 4.44. The van der Waals surface area contributed by atoms with Gasteiger partial charge in [0, 0.05) is 6.42 Å². The van der Waals surface area contributed by atoms with E-state index >= 15 is 0 Å². The number of primary amides is 1. The van der Waals surface area contributed by atoms with E-state index in [0.29, 0.717) is 18.7 Å². The average molecular weight is 377 g/mol. The molecule has 0 atom stereocenters. The number of nitrogens with two attached hydrogens (primary N) is 1. The van der Waals surface area contributed by atoms with Gasteiger partial charge in [0.25, 0.3) is 5.91 Å². The van der Waals surface area contributed by atoms with Crippen molar-refractivity contribution >= 4 is 17.1 Å². The molecule has 2 heterocycles. The summed E-state index contributed by atoms with van der Waals surface area (Å²) < 4.78 is 15.4. The number of aryl methyl sites for hydroxylation is 2. The van der Waals surface area contributed by atoms with Gasteiger partial charge in [0.05, 0.1) is 5.69 Å². The van der Waals surface area contributed by atoms with Gasteiger partial charge in [-0.15, -0.1) is 0 Å². The molecule has 0 fully saturated rings. The van der Waals surface area contributed by atoms with E-state index < -0.39 is 17.4 Å². The minimum Gasteiger partial charge on any atom is -0.364 e. The van der Waals surface area contributed by atoms with Gasteiger partial charge >= 0.3 is 5.69 Å². The highest BCUT2D eigenvalue weighted by atomic mass is 19.1. The SMILES string of the molecule is NC(=O)c1nc(CCc2ccccc2)nc2c1[nH]c(=O)n2-c1ccccc1F. The van der Waals surface area contributed by atoms with Crippen LogP contribution >= 0.6 is 0 Å². The van der Waals surface area contributed by atoms with Crippen LogP contribution in [0.1, 0.15) is 21.9 Å². The molecule has 0 saturated carbocycles. The molecule has 7 nitrogen and oxygen atoms in total. The van der Waals surface area contributed by atoms with Crippen LogP contribution in [-0.4, -0.2) is 25.4 Å². The van der Waals surface area contributed by atoms with Crippen LogP contribution in [0.25, 0.3) is 16.9 Å². The molecule has 0 aliphatic rings. The number of H-pyrrole nitrogens is 1. The number of aromatic amines is 1. The Balaban J connectivity index is 1.86. The molecule has 0 radical (unpaired) electrons. The maximum absolute atomic E-state index is 14.3. The molecule has 4 rings (SSSR count). The number of aromatic nitrogens is 4. The third-order valence-corrected chi connectivity index (χ3v) is 4.39. The maximum atomic E-state index is 14.3. The van der Waals surface area contributed by atoms with E-state index in [1.54, 1.807) is 6.07 Å². The fourth-order valence-electron chi connectivity index (χ4n) is 3.08. The van der Waals surface area contributed by atoms with Crippen molar-refractivity contribution in [1.29, 1.82) is 0 Å². The summed E-state index contributed by atoms with van der Waals surface area (Å²) in [6.07, 6.45) is 1.07. The second-order valence-electron chi connectivity index (χ2n) is 6.25. The van der Waals surface area contributed by atoms with Gasteiger partial charge < -0.3 is 10.7 Å². The maximum Gasteiger partial charge on any atom is 0.332 e. The zero-order valence-corrected chi connectivity index (χ0v) is 14.7. The lowest BCUT2D eigenvalue weighted by molar-refractivity contribution is 0.0996. The number of hydrogen-bond donors (Lipinski definition) is 2. The number of amides is 1. The number of nitrogens with one attached hydrogen (secondary N) is 1. The first-order valence-corrected chi connectivity index (χ1v) is 8.65. The van der Waals surface area contributed by atoms with Gasteiger partial charge in [-0.3, -0.25) is 4.79 Å². The van der Waals surface area contributed by atoms with Crippen molar-refractivity contribution in [3.05, 3.63) is 88.0 Å². The largest absolute Gasteiger partial charge is 0.364 e. The van der Waals surface area contributed by atoms with Gasteiger partial charge in [-0.1, -0.05) is 42.5 Å². The predicted molar refractivity (Wildman–Crippen MR) is 102 cm³/mol. The second kappa shape index (κ2) is 7.07. The van der Waals surface area contributed by atoms with Crippen molar-refractivity contribution in [3.63, 3.8) is 0 Å². The number of para-hydroxylation sites is 1. The van der Waals surface area contributed by atoms with Gasteiger partial charge in [-0.25, -0.2) is 23.7 Å². The number of hydrogen-bond acceptors (Lipinski definition) is 4. The third kappa shape index (κ3) is 3.16. The summed E-state index contributed by atoms with van der Waals surface area (Å²) >= 11 is 0. The molecule has 4 aromatic rings. The smallest absolute Gasteiger partial charge is 0.332 e. The third-order valence-electron chi connectivity index (χ3n) is 4.39. The Morgan fingerprint density at radius 3 is 2.46 bits per heavy atom. The summed E-state index contributed by atoms with van der Waals surface area (Å²) in [7, 11) is 0. The van der Waals surface area contributed by atoms with Crippen LogP contribution in [0, 0.1) is 5.82 Å². The normalized spacial score (nSPS) is 11.0. The number of fused-ring (bicyclic) bond motifs is 1. The highest BCUT2D eigenvalue weighted by Gasteiger charge is 2.20. The summed E-state index contributed by atoms with van der Waals surface area (Å²) in [5.41, 5.74) is 6.03. The molecular formula is C20H16FN5O2. The molecule has 0 unspecified atom stereocenters. The first-order chi connectivity index (χ1) is 13.5. The van der Waals surface area contributed by atoms with E-state index in [2.05, 4.69) is 15.0 Å². The lowest BCUT2D eigenvalue weighted by Crippen LogP contribution is -2.17. The average Bonchev–Trinajstić information content (AvgIpc) is 3.02. The van der Waals surface area contributed by atoms with Crippen molar-refractivity contribution in [2.75, 3.05) is 0 Å². The molecule has 0 aliphatic carbocycles. The monoisotopic (exact) mass is 377 g/mol. The lowest BCUT2D eigenvalue weighted by Gasteiger charge is -2.07. The predicted octanol–water partition coefficient (Wildman–Crippen LogP) is 2.13. The highest BCUT2D eigenvalue weighted by molar-refractivity contribution is 6.01. The zero-order valence-electron chi connectivity index (χ0n) is 14.7. The van der Waals surface area contributed by atoms with Crippen LogP contribution < -0.4 is 11.4 Å². The molecule has 2 aromatic carbocycles. The van der Waals surface area contributed by atoms with Gasteiger partial charge in [0.2, 0.25) is 0 Å². The molecular weight excluding hydrogens is 361 g/mol. The van der Waals surface area contributed by atoms with E-state index in [1.807, 2.05) is 30.3 Å². The Morgan fingerprint density at radius 2 is 1.75 bits per heavy atom. The van der Waals surface area contributed by atoms with E-state index in [0.717, 1.165) is 10.1 Å². The van der Waals surface area contributed by atoms with Crippen molar-refractivity contribution in [2.45, 2.75) is 12.8 Å². The van der Waals surface area contributed by atoms with Crippen LogP contribution in [0.4, 0.5) is 4.39 Å². The number of rotatable bonds is 5. The number of benzene rings is 2. The first-order valence-electron chi connectivity index (χ1n) is 8.65. The summed E-state index contributed by atoms with van der Waals surface area (Å²) in [5.74, 6) is -1.04. The van der Waals surface area contributed by atoms with E-state index in [9.17, 15) is 14.0 Å². The van der Waals surface area contributed by atoms with Crippen molar-refractivity contribution in [3.8, 4) is 5.69 Å². The molecule has 140 valence electrons.